The Labute approximate surface area is 120 Å². The Kier molecular flexibility index (Phi) is 5.30. The lowest BCUT2D eigenvalue weighted by Gasteiger charge is -2.27. The van der Waals surface area contributed by atoms with E-state index >= 15 is 0 Å². The van der Waals surface area contributed by atoms with E-state index in [-0.39, 0.29) is 6.54 Å². The lowest BCUT2D eigenvalue weighted by atomic mass is 10.2. The maximum absolute atomic E-state index is 12.6. The SMILES string of the molecule is CC(C)(C)OC(=O)N(CCF)c1cnccc1I. The van der Waals surface area contributed by atoms with E-state index < -0.39 is 18.4 Å². The van der Waals surface area contributed by atoms with Crippen LogP contribution in [-0.4, -0.2) is 29.9 Å². The molecule has 1 aromatic rings. The number of rotatable bonds is 3. The Morgan fingerprint density at radius 3 is 2.72 bits per heavy atom. The number of amides is 1. The largest absolute Gasteiger partial charge is 0.443 e. The Bertz CT molecular complexity index is 421. The predicted octanol–water partition coefficient (Wildman–Crippen LogP) is 3.40. The highest BCUT2D eigenvalue weighted by Crippen LogP contribution is 2.23. The Morgan fingerprint density at radius 2 is 2.22 bits per heavy atom. The molecule has 0 unspecified atom stereocenters. The smallest absolute Gasteiger partial charge is 0.414 e. The summed E-state index contributed by atoms with van der Waals surface area (Å²) in [7, 11) is 0. The fourth-order valence-electron chi connectivity index (χ4n) is 1.28. The molecule has 1 aromatic heterocycles. The Hall–Kier alpha value is -0.920. The van der Waals surface area contributed by atoms with E-state index in [1.165, 1.54) is 11.1 Å². The number of ether oxygens (including phenoxy) is 1. The quantitative estimate of drug-likeness (QED) is 0.771. The van der Waals surface area contributed by atoms with Crippen LogP contribution < -0.4 is 4.90 Å². The van der Waals surface area contributed by atoms with Crippen molar-refractivity contribution in [2.45, 2.75) is 26.4 Å². The number of carbonyl (C=O) groups is 1. The second-order valence-corrected chi connectivity index (χ2v) is 5.81. The first-order valence-corrected chi connectivity index (χ1v) is 6.59. The molecule has 0 saturated heterocycles. The number of pyridine rings is 1. The van der Waals surface area contributed by atoms with E-state index in [0.29, 0.717) is 5.69 Å². The van der Waals surface area contributed by atoms with Crippen molar-refractivity contribution in [3.63, 3.8) is 0 Å². The number of hydrogen-bond acceptors (Lipinski definition) is 3. The third kappa shape index (κ3) is 4.40. The minimum absolute atomic E-state index is 0.0450. The zero-order chi connectivity index (χ0) is 13.8. The molecule has 0 saturated carbocycles. The molecule has 0 spiro atoms. The van der Waals surface area contributed by atoms with Crippen LogP contribution in [0.15, 0.2) is 18.5 Å². The van der Waals surface area contributed by atoms with Gasteiger partial charge in [-0.05, 0) is 49.4 Å². The minimum Gasteiger partial charge on any atom is -0.443 e. The Balaban J connectivity index is 2.96. The number of aromatic nitrogens is 1. The molecule has 0 fully saturated rings. The third-order valence-electron chi connectivity index (χ3n) is 1.96. The zero-order valence-electron chi connectivity index (χ0n) is 10.6. The molecule has 4 nitrogen and oxygen atoms in total. The summed E-state index contributed by atoms with van der Waals surface area (Å²) in [5, 5.41) is 0. The lowest BCUT2D eigenvalue weighted by Crippen LogP contribution is -2.38. The van der Waals surface area contributed by atoms with E-state index in [0.717, 1.165) is 3.57 Å². The molecule has 6 heteroatoms. The van der Waals surface area contributed by atoms with Gasteiger partial charge in [0.1, 0.15) is 12.3 Å². The van der Waals surface area contributed by atoms with E-state index in [9.17, 15) is 9.18 Å². The summed E-state index contributed by atoms with van der Waals surface area (Å²) in [4.78, 5) is 17.2. The summed E-state index contributed by atoms with van der Waals surface area (Å²) in [6, 6.07) is 1.76. The van der Waals surface area contributed by atoms with Crippen LogP contribution in [0.25, 0.3) is 0 Å². The highest BCUT2D eigenvalue weighted by Gasteiger charge is 2.24. The van der Waals surface area contributed by atoms with E-state index in [4.69, 9.17) is 4.74 Å². The average Bonchev–Trinajstić information content (AvgIpc) is 2.24. The van der Waals surface area contributed by atoms with Crippen molar-refractivity contribution in [3.05, 3.63) is 22.0 Å². The Morgan fingerprint density at radius 1 is 1.56 bits per heavy atom. The number of hydrogen-bond donors (Lipinski definition) is 0. The van der Waals surface area contributed by atoms with Crippen molar-refractivity contribution < 1.29 is 13.9 Å². The molecule has 18 heavy (non-hydrogen) atoms. The van der Waals surface area contributed by atoms with Crippen molar-refractivity contribution in [2.24, 2.45) is 0 Å². The van der Waals surface area contributed by atoms with Crippen LogP contribution in [0.2, 0.25) is 0 Å². The molecule has 0 atom stereocenters. The highest BCUT2D eigenvalue weighted by atomic mass is 127. The molecular formula is C12H16FIN2O2. The van der Waals surface area contributed by atoms with Gasteiger partial charge in [-0.25, -0.2) is 9.18 Å². The van der Waals surface area contributed by atoms with Gasteiger partial charge < -0.3 is 4.74 Å². The number of halogens is 2. The van der Waals surface area contributed by atoms with Gasteiger partial charge in [0.05, 0.1) is 18.4 Å². The summed E-state index contributed by atoms with van der Waals surface area (Å²) in [5.74, 6) is 0. The minimum atomic E-state index is -0.635. The normalized spacial score (nSPS) is 11.2. The van der Waals surface area contributed by atoms with Gasteiger partial charge in [-0.1, -0.05) is 0 Å². The van der Waals surface area contributed by atoms with Gasteiger partial charge in [-0.2, -0.15) is 0 Å². The lowest BCUT2D eigenvalue weighted by molar-refractivity contribution is 0.0577. The number of anilines is 1. The molecular weight excluding hydrogens is 350 g/mol. The standard InChI is InChI=1S/C12H16FIN2O2/c1-12(2,3)18-11(17)16(7-5-13)10-8-15-6-4-9(10)14/h4,6,8H,5,7H2,1-3H3. The first kappa shape index (κ1) is 15.1. The predicted molar refractivity (Wildman–Crippen MR) is 76.5 cm³/mol. The van der Waals surface area contributed by atoms with E-state index in [1.807, 2.05) is 0 Å². The zero-order valence-corrected chi connectivity index (χ0v) is 12.8. The monoisotopic (exact) mass is 366 g/mol. The summed E-state index contributed by atoms with van der Waals surface area (Å²) < 4.78 is 18.7. The van der Waals surface area contributed by atoms with Crippen molar-refractivity contribution >= 4 is 34.4 Å². The first-order chi connectivity index (χ1) is 8.35. The van der Waals surface area contributed by atoms with Crippen LogP contribution in [0.3, 0.4) is 0 Å². The van der Waals surface area contributed by atoms with Gasteiger partial charge in [0.15, 0.2) is 0 Å². The van der Waals surface area contributed by atoms with Gasteiger partial charge >= 0.3 is 6.09 Å². The van der Waals surface area contributed by atoms with Crippen molar-refractivity contribution in [2.75, 3.05) is 18.1 Å². The van der Waals surface area contributed by atoms with E-state index in [2.05, 4.69) is 27.6 Å². The summed E-state index contributed by atoms with van der Waals surface area (Å²) in [5.41, 5.74) is -0.0516. The van der Waals surface area contributed by atoms with Crippen LogP contribution in [0.5, 0.6) is 0 Å². The van der Waals surface area contributed by atoms with Gasteiger partial charge in [-0.3, -0.25) is 9.88 Å². The van der Waals surface area contributed by atoms with Crippen LogP contribution in [-0.2, 0) is 4.74 Å². The molecule has 100 valence electrons. The van der Waals surface area contributed by atoms with Crippen LogP contribution in [0, 0.1) is 3.57 Å². The van der Waals surface area contributed by atoms with Crippen molar-refractivity contribution in [1.29, 1.82) is 0 Å². The highest BCUT2D eigenvalue weighted by molar-refractivity contribution is 14.1. The number of nitrogens with zero attached hydrogens (tertiary/aromatic N) is 2. The molecule has 0 aliphatic rings. The van der Waals surface area contributed by atoms with Gasteiger partial charge in [0.2, 0.25) is 0 Å². The van der Waals surface area contributed by atoms with Gasteiger partial charge in [-0.15, -0.1) is 0 Å². The second-order valence-electron chi connectivity index (χ2n) is 4.65. The van der Waals surface area contributed by atoms with Crippen molar-refractivity contribution in [3.8, 4) is 0 Å². The molecule has 0 aliphatic heterocycles. The summed E-state index contributed by atoms with van der Waals surface area (Å²) in [6.45, 7) is 4.63. The fourth-order valence-corrected chi connectivity index (χ4v) is 1.87. The van der Waals surface area contributed by atoms with Gasteiger partial charge in [0.25, 0.3) is 0 Å². The summed E-state index contributed by atoms with van der Waals surface area (Å²) in [6.07, 6.45) is 2.58. The van der Waals surface area contributed by atoms with Crippen molar-refractivity contribution in [1.82, 2.24) is 4.98 Å². The topological polar surface area (TPSA) is 42.4 Å². The molecule has 0 aliphatic carbocycles. The maximum atomic E-state index is 12.6. The molecule has 1 amide bonds. The number of carbonyl (C=O) groups excluding carboxylic acids is 1. The molecule has 1 heterocycles. The molecule has 1 rings (SSSR count). The van der Waals surface area contributed by atoms with E-state index in [1.54, 1.807) is 33.0 Å². The third-order valence-corrected chi connectivity index (χ3v) is 2.87. The number of alkyl halides is 1. The van der Waals surface area contributed by atoms with Crippen LogP contribution in [0.1, 0.15) is 20.8 Å². The second kappa shape index (κ2) is 6.31. The average molecular weight is 366 g/mol. The first-order valence-electron chi connectivity index (χ1n) is 5.51. The fraction of sp³-hybridized carbons (Fsp3) is 0.500. The van der Waals surface area contributed by atoms with Gasteiger partial charge in [0, 0.05) is 9.77 Å². The summed E-state index contributed by atoms with van der Waals surface area (Å²) >= 11 is 2.07. The molecule has 0 bridgehead atoms. The van der Waals surface area contributed by atoms with Crippen LogP contribution >= 0.6 is 22.6 Å². The molecule has 0 radical (unpaired) electrons. The maximum Gasteiger partial charge on any atom is 0.414 e. The molecule has 0 aromatic carbocycles. The molecule has 0 N–H and O–H groups in total. The van der Waals surface area contributed by atoms with Crippen LogP contribution in [0.4, 0.5) is 14.9 Å².